The number of fused-ring (bicyclic) bond motifs is 2. The van der Waals surface area contributed by atoms with Gasteiger partial charge >= 0.3 is 11.9 Å². The highest BCUT2D eigenvalue weighted by Gasteiger charge is 2.22. The van der Waals surface area contributed by atoms with E-state index < -0.39 is 0 Å². The normalized spacial score (nSPS) is 12.9. The molecule has 73 heavy (non-hydrogen) atoms. The number of rotatable bonds is 33. The molecule has 0 spiro atoms. The molecule has 0 amide bonds. The number of hydrazone groups is 1. The summed E-state index contributed by atoms with van der Waals surface area (Å²) in [5.74, 6) is 3.10. The Hall–Kier alpha value is -7.09. The van der Waals surface area contributed by atoms with Gasteiger partial charge in [-0.05, 0) is 127 Å². The summed E-state index contributed by atoms with van der Waals surface area (Å²) in [6.45, 7) is 11.6. The third kappa shape index (κ3) is 17.6. The molecule has 6 aromatic carbocycles. The summed E-state index contributed by atoms with van der Waals surface area (Å²) in [6, 6.07) is 35.5. The van der Waals surface area contributed by atoms with Crippen LogP contribution in [0.5, 0.6) is 34.5 Å². The molecule has 0 saturated carbocycles. The maximum Gasteiger partial charge on any atom is 0.333 e. The molecule has 6 aromatic rings. The van der Waals surface area contributed by atoms with E-state index in [0.717, 1.165) is 108 Å². The zero-order chi connectivity index (χ0) is 51.0. The molecule has 1 unspecified atom stereocenters. The zero-order valence-electron chi connectivity index (χ0n) is 42.6. The Morgan fingerprint density at radius 3 is 2.19 bits per heavy atom. The van der Waals surface area contributed by atoms with Crippen LogP contribution in [0.1, 0.15) is 100 Å². The molecule has 0 bridgehead atoms. The second-order valence-electron chi connectivity index (χ2n) is 18.1. The fraction of sp³-hybridized carbons (Fsp3) is 0.383. The van der Waals surface area contributed by atoms with Crippen molar-refractivity contribution in [1.29, 1.82) is 0 Å². The average molecular weight is 995 g/mol. The Bertz CT molecular complexity index is 2750. The van der Waals surface area contributed by atoms with Gasteiger partial charge < -0.3 is 48.1 Å². The molecule has 13 nitrogen and oxygen atoms in total. The van der Waals surface area contributed by atoms with Gasteiger partial charge in [0.15, 0.2) is 17.8 Å². The van der Waals surface area contributed by atoms with E-state index in [1.54, 1.807) is 20.2 Å². The van der Waals surface area contributed by atoms with E-state index >= 15 is 0 Å². The van der Waals surface area contributed by atoms with Crippen LogP contribution in [0.15, 0.2) is 126 Å². The third-order valence-electron chi connectivity index (χ3n) is 12.2. The number of esters is 2. The lowest BCUT2D eigenvalue weighted by atomic mass is 10.00. The lowest BCUT2D eigenvalue weighted by molar-refractivity contribution is -0.139. The summed E-state index contributed by atoms with van der Waals surface area (Å²) in [6.07, 6.45) is 11.3. The molecule has 0 radical (unpaired) electrons. The first-order valence-electron chi connectivity index (χ1n) is 25.6. The first-order valence-corrected chi connectivity index (χ1v) is 25.6. The van der Waals surface area contributed by atoms with Crippen molar-refractivity contribution >= 4 is 39.7 Å². The maximum absolute atomic E-state index is 13.6. The number of epoxide rings is 1. The summed E-state index contributed by atoms with van der Waals surface area (Å²) in [7, 11) is 1.61. The smallest absolute Gasteiger partial charge is 0.333 e. The molecule has 0 aromatic heterocycles. The molecule has 0 aliphatic carbocycles. The van der Waals surface area contributed by atoms with Gasteiger partial charge in [0.25, 0.3) is 0 Å². The third-order valence-corrected chi connectivity index (χ3v) is 12.2. The highest BCUT2D eigenvalue weighted by Crippen LogP contribution is 2.36. The molecule has 1 saturated heterocycles. The Kier molecular flexibility index (Phi) is 21.2. The Balaban J connectivity index is 0.941. The van der Waals surface area contributed by atoms with E-state index in [0.29, 0.717) is 80.2 Å². The van der Waals surface area contributed by atoms with Crippen LogP contribution >= 0.6 is 0 Å². The predicted octanol–water partition coefficient (Wildman–Crippen LogP) is 12.4. The van der Waals surface area contributed by atoms with Gasteiger partial charge in [-0.1, -0.05) is 87.4 Å². The van der Waals surface area contributed by atoms with Crippen LogP contribution in [-0.2, 0) is 43.4 Å². The lowest BCUT2D eigenvalue weighted by Crippen LogP contribution is -2.12. The summed E-state index contributed by atoms with van der Waals surface area (Å²) in [5, 5.41) is 8.40. The monoisotopic (exact) mass is 994 g/mol. The van der Waals surface area contributed by atoms with Crippen molar-refractivity contribution in [3.05, 3.63) is 144 Å². The Morgan fingerprint density at radius 1 is 0.699 bits per heavy atom. The SMILES string of the molecule is C=C(C)C(=O)OCCCCCCOc1ccc(CCC(=O)Oc2c(/C=N/NCCCCCC)cc(COc3ccc(OCc4ccc5cc(OCCCOC6CO6)ccc5c4)c(OC)c3)c3ccccc23)cc1. The number of nitrogens with one attached hydrogen (secondary N) is 1. The molecule has 1 heterocycles. The van der Waals surface area contributed by atoms with Gasteiger partial charge in [0, 0.05) is 42.0 Å². The van der Waals surface area contributed by atoms with Crippen LogP contribution < -0.4 is 33.8 Å². The van der Waals surface area contributed by atoms with Crippen molar-refractivity contribution in [3.63, 3.8) is 0 Å². The molecule has 1 aliphatic heterocycles. The summed E-state index contributed by atoms with van der Waals surface area (Å²) >= 11 is 0. The molecule has 1 N–H and O–H groups in total. The van der Waals surface area contributed by atoms with E-state index in [2.05, 4.69) is 48.3 Å². The molecular weight excluding hydrogens is 925 g/mol. The molecule has 386 valence electrons. The van der Waals surface area contributed by atoms with Crippen LogP contribution in [0.25, 0.3) is 21.5 Å². The molecule has 1 atom stereocenters. The first kappa shape index (κ1) is 53.7. The highest BCUT2D eigenvalue weighted by molar-refractivity contribution is 6.00. The molecular formula is C60H70N2O11. The first-order chi connectivity index (χ1) is 35.8. The fourth-order valence-electron chi connectivity index (χ4n) is 8.02. The van der Waals surface area contributed by atoms with Crippen LogP contribution in [0.4, 0.5) is 0 Å². The van der Waals surface area contributed by atoms with Crippen molar-refractivity contribution in [2.75, 3.05) is 46.7 Å². The van der Waals surface area contributed by atoms with Crippen LogP contribution in [0.3, 0.4) is 0 Å². The molecule has 1 aliphatic rings. The van der Waals surface area contributed by atoms with E-state index in [1.165, 1.54) is 6.42 Å². The quantitative estimate of drug-likeness (QED) is 0.00797. The van der Waals surface area contributed by atoms with E-state index in [-0.39, 0.29) is 31.3 Å². The van der Waals surface area contributed by atoms with Crippen LogP contribution in [0.2, 0.25) is 0 Å². The number of carbonyl (C=O) groups excluding carboxylic acids is 2. The lowest BCUT2D eigenvalue weighted by Gasteiger charge is -2.16. The number of unbranched alkanes of at least 4 members (excludes halogenated alkanes) is 6. The number of hydrogen-bond acceptors (Lipinski definition) is 13. The van der Waals surface area contributed by atoms with Crippen molar-refractivity contribution in [3.8, 4) is 34.5 Å². The number of hydrogen-bond donors (Lipinski definition) is 1. The number of ether oxygens (including phenoxy) is 9. The minimum Gasteiger partial charge on any atom is -0.494 e. The summed E-state index contributed by atoms with van der Waals surface area (Å²) in [4.78, 5) is 25.1. The minimum atomic E-state index is -0.349. The topological polar surface area (TPSA) is 145 Å². The molecule has 1 fully saturated rings. The highest BCUT2D eigenvalue weighted by atomic mass is 16.8. The Labute approximate surface area is 429 Å². The second kappa shape index (κ2) is 28.8. The number of nitrogens with zero attached hydrogens (tertiary/aromatic N) is 1. The minimum absolute atomic E-state index is 0.0310. The number of methoxy groups -OCH3 is 1. The maximum atomic E-state index is 13.6. The standard InChI is InChI=1S/C60H70N2O11/c1-5-6-7-12-30-61-62-39-48-36-49(41-70-52-27-28-55(56(38-52)65-4)71-40-45-18-22-47-37-51(26-23-46(47)35-45)67-33-15-34-68-58-42-72-58)53-16-10-11-17-54(53)59(48)73-57(63)29-21-44-19-24-50(25-20-44)66-31-13-8-9-14-32-69-60(64)43(2)3/h10-11,16-20,22-28,35-39,58,61H,2,5-9,12-15,21,29-34,40-42H2,1,3-4H3/b62-39+. The van der Waals surface area contributed by atoms with Gasteiger partial charge in [-0.3, -0.25) is 4.79 Å². The van der Waals surface area contributed by atoms with Gasteiger partial charge in [-0.15, -0.1) is 0 Å². The second-order valence-corrected chi connectivity index (χ2v) is 18.1. The van der Waals surface area contributed by atoms with E-state index in [4.69, 9.17) is 42.6 Å². The van der Waals surface area contributed by atoms with E-state index in [1.807, 2.05) is 84.9 Å². The van der Waals surface area contributed by atoms with Crippen molar-refractivity contribution in [1.82, 2.24) is 5.43 Å². The average Bonchev–Trinajstić information content (AvgIpc) is 4.25. The van der Waals surface area contributed by atoms with Gasteiger partial charge in [-0.2, -0.15) is 5.10 Å². The number of carbonyl (C=O) groups is 2. The van der Waals surface area contributed by atoms with Crippen molar-refractivity contribution < 1.29 is 52.2 Å². The summed E-state index contributed by atoms with van der Waals surface area (Å²) in [5.41, 5.74) is 7.16. The van der Waals surface area contributed by atoms with Gasteiger partial charge in [0.1, 0.15) is 42.8 Å². The van der Waals surface area contributed by atoms with Crippen LogP contribution in [-0.4, -0.2) is 71.1 Å². The predicted molar refractivity (Wildman–Crippen MR) is 285 cm³/mol. The molecule has 7 rings (SSSR count). The fourth-order valence-corrected chi connectivity index (χ4v) is 8.02. The molecule has 13 heteroatoms. The van der Waals surface area contributed by atoms with Crippen LogP contribution in [0, 0.1) is 0 Å². The van der Waals surface area contributed by atoms with Gasteiger partial charge in [-0.25, -0.2) is 4.79 Å². The van der Waals surface area contributed by atoms with Gasteiger partial charge in [0.05, 0.1) is 39.8 Å². The van der Waals surface area contributed by atoms with Crippen molar-refractivity contribution in [2.24, 2.45) is 5.10 Å². The van der Waals surface area contributed by atoms with Crippen molar-refractivity contribution in [2.45, 2.75) is 104 Å². The Morgan fingerprint density at radius 2 is 1.40 bits per heavy atom. The van der Waals surface area contributed by atoms with Gasteiger partial charge in [0.2, 0.25) is 0 Å². The number of benzene rings is 6. The zero-order valence-corrected chi connectivity index (χ0v) is 42.6. The van der Waals surface area contributed by atoms with E-state index in [9.17, 15) is 9.59 Å². The summed E-state index contributed by atoms with van der Waals surface area (Å²) < 4.78 is 52.3. The number of aryl methyl sites for hydroxylation is 1. The largest absolute Gasteiger partial charge is 0.494 e.